The number of piperidine rings is 1. The van der Waals surface area contributed by atoms with Gasteiger partial charge in [0.15, 0.2) is 0 Å². The molecule has 1 saturated heterocycles. The maximum Gasteiger partial charge on any atom is 0.251 e. The van der Waals surface area contributed by atoms with Gasteiger partial charge in [-0.1, -0.05) is 0 Å². The molecule has 0 saturated carbocycles. The van der Waals surface area contributed by atoms with Crippen LogP contribution in [0.15, 0.2) is 0 Å². The zero-order valence-corrected chi connectivity index (χ0v) is 15.9. The molecule has 0 spiro atoms. The number of nitrogens with two attached hydrogens (primary N) is 1. The van der Waals surface area contributed by atoms with Gasteiger partial charge >= 0.3 is 0 Å². The molecule has 3 amide bonds. The third-order valence-corrected chi connectivity index (χ3v) is 6.22. The molecule has 0 bridgehead atoms. The Hall–Kier alpha value is -1.93. The fourth-order valence-corrected chi connectivity index (χ4v) is 5.16. The van der Waals surface area contributed by atoms with Crippen molar-refractivity contribution in [3.63, 3.8) is 0 Å². The molecule has 8 heteroatoms. The minimum atomic E-state index is -0.478. The van der Waals surface area contributed by atoms with E-state index < -0.39 is 5.91 Å². The standard InChI is InChI=1S/C18H26N4O3S/c1-2-20-17(25)11-5-4-8-22(9-11)10-14(23)21-18-15(16(19)24)12-6-3-7-13(12)26-18/h11H,2-10H2,1H3,(H2,19,24)(H,20,25)(H,21,23). The molecule has 7 nitrogen and oxygen atoms in total. The van der Waals surface area contributed by atoms with E-state index in [9.17, 15) is 14.4 Å². The Kier molecular flexibility index (Phi) is 5.93. The Morgan fingerprint density at radius 1 is 1.27 bits per heavy atom. The van der Waals surface area contributed by atoms with Crippen LogP contribution in [-0.4, -0.2) is 48.8 Å². The second-order valence-electron chi connectivity index (χ2n) is 6.94. The summed E-state index contributed by atoms with van der Waals surface area (Å²) in [4.78, 5) is 39.5. The highest BCUT2D eigenvalue weighted by Gasteiger charge is 2.28. The van der Waals surface area contributed by atoms with Gasteiger partial charge in [-0.25, -0.2) is 0 Å². The third kappa shape index (κ3) is 4.07. The average molecular weight is 378 g/mol. The molecular weight excluding hydrogens is 352 g/mol. The molecule has 3 rings (SSSR count). The number of rotatable bonds is 6. The minimum absolute atomic E-state index is 0.0586. The van der Waals surface area contributed by atoms with Crippen molar-refractivity contribution in [1.29, 1.82) is 0 Å². The lowest BCUT2D eigenvalue weighted by molar-refractivity contribution is -0.127. The number of likely N-dealkylation sites (tertiary alicyclic amines) is 1. The Balaban J connectivity index is 1.61. The van der Waals surface area contributed by atoms with Crippen LogP contribution in [0.5, 0.6) is 0 Å². The quantitative estimate of drug-likeness (QED) is 0.690. The number of carbonyl (C=O) groups is 3. The number of aryl methyl sites for hydroxylation is 1. The molecule has 1 fully saturated rings. The molecule has 1 atom stereocenters. The molecule has 0 aromatic carbocycles. The van der Waals surface area contributed by atoms with E-state index in [1.54, 1.807) is 0 Å². The molecule has 4 N–H and O–H groups in total. The second kappa shape index (κ2) is 8.18. The number of nitrogens with zero attached hydrogens (tertiary/aromatic N) is 1. The zero-order chi connectivity index (χ0) is 18.7. The van der Waals surface area contributed by atoms with Gasteiger partial charge in [-0.05, 0) is 51.1 Å². The minimum Gasteiger partial charge on any atom is -0.365 e. The third-order valence-electron chi connectivity index (χ3n) is 5.02. The van der Waals surface area contributed by atoms with Crippen LogP contribution >= 0.6 is 11.3 Å². The van der Waals surface area contributed by atoms with Crippen molar-refractivity contribution in [3.8, 4) is 0 Å². The van der Waals surface area contributed by atoms with Gasteiger partial charge in [-0.2, -0.15) is 0 Å². The molecule has 1 aromatic heterocycles. The predicted molar refractivity (Wildman–Crippen MR) is 101 cm³/mol. The van der Waals surface area contributed by atoms with Crippen LogP contribution in [-0.2, 0) is 22.4 Å². The summed E-state index contributed by atoms with van der Waals surface area (Å²) >= 11 is 1.46. The zero-order valence-electron chi connectivity index (χ0n) is 15.1. The lowest BCUT2D eigenvalue weighted by Gasteiger charge is -2.31. The van der Waals surface area contributed by atoms with E-state index in [1.165, 1.54) is 11.3 Å². The summed E-state index contributed by atoms with van der Waals surface area (Å²) in [5.41, 5.74) is 7.02. The molecule has 1 aromatic rings. The fourth-order valence-electron chi connectivity index (χ4n) is 3.85. The number of carbonyl (C=O) groups excluding carboxylic acids is 3. The van der Waals surface area contributed by atoms with Crippen molar-refractivity contribution in [2.75, 3.05) is 31.5 Å². The van der Waals surface area contributed by atoms with Crippen molar-refractivity contribution in [3.05, 3.63) is 16.0 Å². The Labute approximate surface area is 157 Å². The van der Waals surface area contributed by atoms with Crippen LogP contribution in [0.2, 0.25) is 0 Å². The number of anilines is 1. The highest BCUT2D eigenvalue weighted by molar-refractivity contribution is 7.17. The van der Waals surface area contributed by atoms with Crippen LogP contribution < -0.4 is 16.4 Å². The number of primary amides is 1. The molecule has 142 valence electrons. The molecule has 1 aliphatic carbocycles. The molecule has 1 unspecified atom stereocenters. The first-order chi connectivity index (χ1) is 12.5. The summed E-state index contributed by atoms with van der Waals surface area (Å²) < 4.78 is 0. The van der Waals surface area contributed by atoms with Gasteiger partial charge in [0.05, 0.1) is 18.0 Å². The molecule has 2 aliphatic rings. The summed E-state index contributed by atoms with van der Waals surface area (Å²) in [5.74, 6) is -0.649. The van der Waals surface area contributed by atoms with Gasteiger partial charge in [0.1, 0.15) is 5.00 Å². The fraction of sp³-hybridized carbons (Fsp3) is 0.611. The average Bonchev–Trinajstić information content (AvgIpc) is 3.15. The first-order valence-electron chi connectivity index (χ1n) is 9.23. The van der Waals surface area contributed by atoms with E-state index >= 15 is 0 Å². The Morgan fingerprint density at radius 2 is 2.08 bits per heavy atom. The Morgan fingerprint density at radius 3 is 2.81 bits per heavy atom. The summed E-state index contributed by atoms with van der Waals surface area (Å²) in [6, 6.07) is 0. The normalized spacial score (nSPS) is 19.8. The van der Waals surface area contributed by atoms with Gasteiger partial charge in [0, 0.05) is 18.0 Å². The van der Waals surface area contributed by atoms with Crippen LogP contribution in [0.25, 0.3) is 0 Å². The van der Waals surface area contributed by atoms with Crippen LogP contribution in [0, 0.1) is 5.92 Å². The van der Waals surface area contributed by atoms with Crippen molar-refractivity contribution in [2.45, 2.75) is 39.0 Å². The van der Waals surface area contributed by atoms with Gasteiger partial charge < -0.3 is 16.4 Å². The van der Waals surface area contributed by atoms with Gasteiger partial charge in [-0.15, -0.1) is 11.3 Å². The van der Waals surface area contributed by atoms with E-state index in [0.29, 0.717) is 23.7 Å². The largest absolute Gasteiger partial charge is 0.365 e. The lowest BCUT2D eigenvalue weighted by Crippen LogP contribution is -2.45. The second-order valence-corrected chi connectivity index (χ2v) is 8.05. The van der Waals surface area contributed by atoms with E-state index in [-0.39, 0.29) is 24.3 Å². The number of fused-ring (bicyclic) bond motifs is 1. The molecule has 26 heavy (non-hydrogen) atoms. The smallest absolute Gasteiger partial charge is 0.251 e. The van der Waals surface area contributed by atoms with E-state index in [1.807, 2.05) is 11.8 Å². The first-order valence-corrected chi connectivity index (χ1v) is 10.1. The molecular formula is C18H26N4O3S. The van der Waals surface area contributed by atoms with Crippen molar-refractivity contribution >= 4 is 34.1 Å². The van der Waals surface area contributed by atoms with E-state index in [2.05, 4.69) is 10.6 Å². The maximum absolute atomic E-state index is 12.5. The van der Waals surface area contributed by atoms with Crippen LogP contribution in [0.1, 0.15) is 47.0 Å². The Bertz CT molecular complexity index is 716. The summed E-state index contributed by atoms with van der Waals surface area (Å²) in [5, 5.41) is 6.30. The molecule has 1 aliphatic heterocycles. The summed E-state index contributed by atoms with van der Waals surface area (Å²) in [6.07, 6.45) is 4.57. The number of hydrogen-bond donors (Lipinski definition) is 3. The van der Waals surface area contributed by atoms with Crippen LogP contribution in [0.4, 0.5) is 5.00 Å². The SMILES string of the molecule is CCNC(=O)C1CCCN(CC(=O)Nc2sc3c(c2C(N)=O)CCC3)C1. The summed E-state index contributed by atoms with van der Waals surface area (Å²) in [6.45, 7) is 4.13. The lowest BCUT2D eigenvalue weighted by atomic mass is 9.97. The number of amides is 3. The highest BCUT2D eigenvalue weighted by atomic mass is 32.1. The van der Waals surface area contributed by atoms with Crippen LogP contribution in [0.3, 0.4) is 0 Å². The number of nitrogens with one attached hydrogen (secondary N) is 2. The summed E-state index contributed by atoms with van der Waals surface area (Å²) in [7, 11) is 0. The topological polar surface area (TPSA) is 105 Å². The van der Waals surface area contributed by atoms with Gasteiger partial charge in [-0.3, -0.25) is 19.3 Å². The first kappa shape index (κ1) is 18.8. The van der Waals surface area contributed by atoms with E-state index in [4.69, 9.17) is 5.73 Å². The molecule has 2 heterocycles. The van der Waals surface area contributed by atoms with Gasteiger partial charge in [0.2, 0.25) is 11.8 Å². The monoisotopic (exact) mass is 378 g/mol. The number of hydrogen-bond acceptors (Lipinski definition) is 5. The number of thiophene rings is 1. The van der Waals surface area contributed by atoms with Crippen molar-refractivity contribution < 1.29 is 14.4 Å². The van der Waals surface area contributed by atoms with Gasteiger partial charge in [0.25, 0.3) is 5.91 Å². The van der Waals surface area contributed by atoms with E-state index in [0.717, 1.165) is 49.1 Å². The highest BCUT2D eigenvalue weighted by Crippen LogP contribution is 2.38. The van der Waals surface area contributed by atoms with Crippen molar-refractivity contribution in [2.24, 2.45) is 11.7 Å². The molecule has 0 radical (unpaired) electrons. The maximum atomic E-state index is 12.5. The van der Waals surface area contributed by atoms with Crippen molar-refractivity contribution in [1.82, 2.24) is 10.2 Å². The predicted octanol–water partition coefficient (Wildman–Crippen LogP) is 1.12.